The first-order valence-corrected chi connectivity index (χ1v) is 13.7. The standard InChI is InChI=1S/C21H41O5PS/c1-2-3-4-5-6-7-8-9-10-11-12-13-14-15-16-17-21-24-18-20(26-21)19-25-27(22,23)28/h9-10,20-21H,2-8,11-19H2,1H3,(H2,22,23,28)/p-1/b10-9-/t20-,21+/m1/s1. The molecule has 1 unspecified atom stereocenters. The highest BCUT2D eigenvalue weighted by Gasteiger charge is 2.26. The number of hydrogen-bond acceptors (Lipinski definition) is 5. The molecule has 1 heterocycles. The minimum Gasteiger partial charge on any atom is -0.780 e. The van der Waals surface area contributed by atoms with E-state index in [-0.39, 0.29) is 19.0 Å². The lowest BCUT2D eigenvalue weighted by molar-refractivity contribution is -0.203. The van der Waals surface area contributed by atoms with Crippen molar-refractivity contribution in [3.05, 3.63) is 12.2 Å². The molecule has 0 aromatic heterocycles. The second-order valence-corrected chi connectivity index (χ2v) is 10.2. The Morgan fingerprint density at radius 3 is 2.18 bits per heavy atom. The lowest BCUT2D eigenvalue weighted by Crippen LogP contribution is -2.20. The Hall–Kier alpha value is 0.190. The van der Waals surface area contributed by atoms with Gasteiger partial charge in [0.05, 0.1) is 13.2 Å². The molecule has 28 heavy (non-hydrogen) atoms. The summed E-state index contributed by atoms with van der Waals surface area (Å²) >= 11 is 4.31. The average molecular weight is 436 g/mol. The van der Waals surface area contributed by atoms with Crippen LogP contribution in [0, 0.1) is 0 Å². The van der Waals surface area contributed by atoms with Crippen LogP contribution < -0.4 is 4.89 Å². The molecule has 0 radical (unpaired) electrons. The number of rotatable bonds is 18. The second-order valence-electron chi connectivity index (χ2n) is 7.66. The van der Waals surface area contributed by atoms with Crippen LogP contribution in [-0.2, 0) is 25.8 Å². The Morgan fingerprint density at radius 1 is 1.00 bits per heavy atom. The van der Waals surface area contributed by atoms with E-state index in [1.807, 2.05) is 0 Å². The summed E-state index contributed by atoms with van der Waals surface area (Å²) in [6.45, 7) is -1.18. The summed E-state index contributed by atoms with van der Waals surface area (Å²) in [5.74, 6) is 0. The third kappa shape index (κ3) is 16.0. The molecule has 0 saturated carbocycles. The van der Waals surface area contributed by atoms with Crippen molar-refractivity contribution in [2.45, 2.75) is 109 Å². The van der Waals surface area contributed by atoms with E-state index in [0.717, 1.165) is 12.8 Å². The van der Waals surface area contributed by atoms with Gasteiger partial charge in [0.2, 0.25) is 0 Å². The zero-order valence-corrected chi connectivity index (χ0v) is 19.3. The maximum Gasteiger partial charge on any atom is 0.158 e. The number of unbranched alkanes of at least 4 members (excludes halogenated alkanes) is 11. The molecule has 1 aliphatic rings. The van der Waals surface area contributed by atoms with Gasteiger partial charge in [0, 0.05) is 0 Å². The van der Waals surface area contributed by atoms with Crippen LogP contribution in [0.25, 0.3) is 0 Å². The smallest absolute Gasteiger partial charge is 0.158 e. The maximum atomic E-state index is 10.9. The van der Waals surface area contributed by atoms with Gasteiger partial charge >= 0.3 is 0 Å². The van der Waals surface area contributed by atoms with Gasteiger partial charge in [-0.2, -0.15) is 0 Å². The molecule has 1 saturated heterocycles. The van der Waals surface area contributed by atoms with Crippen LogP contribution in [0.2, 0.25) is 0 Å². The number of hydrogen-bond donors (Lipinski definition) is 1. The molecule has 1 aliphatic heterocycles. The SMILES string of the molecule is CCCCCCCC/C=C\CCCCCCC[C@H]1OC[C@H](COP([O-])(O)=S)O1. The van der Waals surface area contributed by atoms with Crippen molar-refractivity contribution in [3.63, 3.8) is 0 Å². The third-order valence-electron chi connectivity index (χ3n) is 4.94. The molecule has 0 amide bonds. The zero-order valence-electron chi connectivity index (χ0n) is 17.6. The Balaban J connectivity index is 1.83. The monoisotopic (exact) mass is 435 g/mol. The summed E-state index contributed by atoms with van der Waals surface area (Å²) in [7, 11) is 0. The van der Waals surface area contributed by atoms with Gasteiger partial charge in [0.25, 0.3) is 0 Å². The average Bonchev–Trinajstić information content (AvgIpc) is 3.10. The van der Waals surface area contributed by atoms with Crippen LogP contribution in [0.3, 0.4) is 0 Å². The van der Waals surface area contributed by atoms with Crippen LogP contribution in [0.4, 0.5) is 0 Å². The van der Waals surface area contributed by atoms with Crippen LogP contribution in [0.1, 0.15) is 96.8 Å². The molecular weight excluding hydrogens is 395 g/mol. The van der Waals surface area contributed by atoms with Gasteiger partial charge < -0.3 is 23.8 Å². The van der Waals surface area contributed by atoms with Crippen molar-refractivity contribution in [1.82, 2.24) is 0 Å². The van der Waals surface area contributed by atoms with Crippen LogP contribution in [0.5, 0.6) is 0 Å². The molecule has 0 aromatic rings. The van der Waals surface area contributed by atoms with Gasteiger partial charge in [0.15, 0.2) is 6.29 Å². The van der Waals surface area contributed by atoms with E-state index in [0.29, 0.717) is 6.61 Å². The Morgan fingerprint density at radius 2 is 1.57 bits per heavy atom. The van der Waals surface area contributed by atoms with E-state index in [2.05, 4.69) is 30.9 Å². The van der Waals surface area contributed by atoms with Crippen molar-refractivity contribution >= 4 is 18.5 Å². The van der Waals surface area contributed by atoms with E-state index in [4.69, 9.17) is 18.9 Å². The minimum atomic E-state index is -3.85. The molecule has 5 nitrogen and oxygen atoms in total. The molecular formula is C21H40O5PS-. The van der Waals surface area contributed by atoms with Gasteiger partial charge in [-0.25, -0.2) is 0 Å². The van der Waals surface area contributed by atoms with E-state index >= 15 is 0 Å². The predicted molar refractivity (Wildman–Crippen MR) is 117 cm³/mol. The van der Waals surface area contributed by atoms with Gasteiger partial charge in [0.1, 0.15) is 12.8 Å². The fourth-order valence-corrected chi connectivity index (χ4v) is 3.84. The van der Waals surface area contributed by atoms with Crippen molar-refractivity contribution in [2.75, 3.05) is 13.2 Å². The fourth-order valence-electron chi connectivity index (χ4n) is 3.31. The van der Waals surface area contributed by atoms with Crippen molar-refractivity contribution < 1.29 is 23.8 Å². The minimum absolute atomic E-state index is 0.0140. The van der Waals surface area contributed by atoms with E-state index < -0.39 is 6.72 Å². The summed E-state index contributed by atoms with van der Waals surface area (Å²) in [5.41, 5.74) is 0. The molecule has 1 rings (SSSR count). The molecule has 1 fully saturated rings. The van der Waals surface area contributed by atoms with Crippen LogP contribution in [0.15, 0.2) is 12.2 Å². The Labute approximate surface area is 177 Å². The lowest BCUT2D eigenvalue weighted by Gasteiger charge is -2.21. The van der Waals surface area contributed by atoms with Crippen molar-refractivity contribution in [1.29, 1.82) is 0 Å². The fraction of sp³-hybridized carbons (Fsp3) is 0.905. The third-order valence-corrected chi connectivity index (χ3v) is 5.73. The second kappa shape index (κ2) is 16.9. The van der Waals surface area contributed by atoms with Gasteiger partial charge in [-0.1, -0.05) is 82.2 Å². The summed E-state index contributed by atoms with van der Waals surface area (Å²) in [6, 6.07) is 0. The largest absolute Gasteiger partial charge is 0.780 e. The molecule has 3 atom stereocenters. The first kappa shape index (κ1) is 26.2. The molecule has 0 spiro atoms. The first-order valence-electron chi connectivity index (χ1n) is 11.1. The highest BCUT2D eigenvalue weighted by atomic mass is 32.5. The quantitative estimate of drug-likeness (QED) is 0.178. The highest BCUT2D eigenvalue weighted by molar-refractivity contribution is 8.06. The molecule has 1 N–H and O–H groups in total. The van der Waals surface area contributed by atoms with Crippen LogP contribution in [-0.4, -0.2) is 30.5 Å². The molecule has 0 aromatic carbocycles. The van der Waals surface area contributed by atoms with Gasteiger partial charge in [-0.3, -0.25) is 0 Å². The van der Waals surface area contributed by atoms with Gasteiger partial charge in [-0.15, -0.1) is 0 Å². The van der Waals surface area contributed by atoms with E-state index in [1.54, 1.807) is 0 Å². The zero-order chi connectivity index (χ0) is 20.5. The highest BCUT2D eigenvalue weighted by Crippen LogP contribution is 2.32. The van der Waals surface area contributed by atoms with E-state index in [9.17, 15) is 4.89 Å². The molecule has 166 valence electrons. The predicted octanol–water partition coefficient (Wildman–Crippen LogP) is 5.36. The number of allylic oxidation sites excluding steroid dienone is 2. The Kier molecular flexibility index (Phi) is 15.9. The molecule has 7 heteroatoms. The Bertz CT molecular complexity index is 441. The summed E-state index contributed by atoms with van der Waals surface area (Å²) < 4.78 is 15.9. The lowest BCUT2D eigenvalue weighted by atomic mass is 10.1. The van der Waals surface area contributed by atoms with Gasteiger partial charge in [-0.05, 0) is 38.5 Å². The van der Waals surface area contributed by atoms with Crippen LogP contribution >= 0.6 is 6.72 Å². The first-order chi connectivity index (χ1) is 13.5. The molecule has 0 bridgehead atoms. The van der Waals surface area contributed by atoms with E-state index in [1.165, 1.54) is 77.0 Å². The molecule has 0 aliphatic carbocycles. The summed E-state index contributed by atoms with van der Waals surface area (Å²) in [5, 5.41) is 0. The number of ether oxygens (including phenoxy) is 2. The summed E-state index contributed by atoms with van der Waals surface area (Å²) in [6.07, 6.45) is 21.8. The summed E-state index contributed by atoms with van der Waals surface area (Å²) in [4.78, 5) is 19.9. The van der Waals surface area contributed by atoms with Crippen molar-refractivity contribution in [3.8, 4) is 0 Å². The maximum absolute atomic E-state index is 10.9. The normalized spacial score (nSPS) is 22.1. The van der Waals surface area contributed by atoms with Crippen molar-refractivity contribution in [2.24, 2.45) is 0 Å². The topological polar surface area (TPSA) is 71.0 Å².